The maximum Gasteiger partial charge on any atom is 0.338 e. The molecule has 0 atom stereocenters. The molecule has 1 heterocycles. The van der Waals surface area contributed by atoms with Crippen molar-refractivity contribution in [3.05, 3.63) is 59.7 Å². The number of nitriles is 1. The standard InChI is InChI=1S/C21H19N3O3S3/c22-9-11-28-18-8-4-3-7-17(18)24-19(25)13-27-20(26)16-6-2-1-5-15(16)14-30-21-23-10-12-29-21/h1-8H,10-14H2,(H,24,25). The summed E-state index contributed by atoms with van der Waals surface area (Å²) in [6, 6.07) is 16.5. The number of ether oxygens (including phenoxy) is 1. The zero-order chi connectivity index (χ0) is 21.2. The van der Waals surface area contributed by atoms with Crippen molar-refractivity contribution in [1.29, 1.82) is 5.26 Å². The molecule has 0 spiro atoms. The van der Waals surface area contributed by atoms with Gasteiger partial charge in [-0.3, -0.25) is 9.79 Å². The zero-order valence-corrected chi connectivity index (χ0v) is 18.4. The van der Waals surface area contributed by atoms with Crippen LogP contribution in [0.25, 0.3) is 0 Å². The molecule has 0 bridgehead atoms. The fourth-order valence-electron chi connectivity index (χ4n) is 2.59. The van der Waals surface area contributed by atoms with Gasteiger partial charge in [0.05, 0.1) is 29.6 Å². The van der Waals surface area contributed by atoms with Gasteiger partial charge in [0.2, 0.25) is 0 Å². The Hall–Kier alpha value is -2.41. The predicted molar refractivity (Wildman–Crippen MR) is 124 cm³/mol. The van der Waals surface area contributed by atoms with Crippen molar-refractivity contribution in [3.63, 3.8) is 0 Å². The highest BCUT2D eigenvalue weighted by Gasteiger charge is 2.16. The topological polar surface area (TPSA) is 91.5 Å². The van der Waals surface area contributed by atoms with Gasteiger partial charge in [0, 0.05) is 16.4 Å². The third-order valence-corrected chi connectivity index (χ3v) is 7.18. The monoisotopic (exact) mass is 457 g/mol. The molecule has 0 unspecified atom stereocenters. The van der Waals surface area contributed by atoms with Crippen molar-refractivity contribution in [2.24, 2.45) is 4.99 Å². The van der Waals surface area contributed by atoms with Gasteiger partial charge in [-0.05, 0) is 23.8 Å². The first-order valence-corrected chi connectivity index (χ1v) is 12.1. The first kappa shape index (κ1) is 22.3. The quantitative estimate of drug-likeness (QED) is 0.463. The van der Waals surface area contributed by atoms with Gasteiger partial charge in [-0.1, -0.05) is 53.9 Å². The van der Waals surface area contributed by atoms with Crippen LogP contribution in [0.1, 0.15) is 15.9 Å². The highest BCUT2D eigenvalue weighted by Crippen LogP contribution is 2.27. The number of aliphatic imine (C=N–C) groups is 1. The van der Waals surface area contributed by atoms with E-state index in [-0.39, 0.29) is 12.4 Å². The van der Waals surface area contributed by atoms with Crippen molar-refractivity contribution in [2.45, 2.75) is 10.6 Å². The molecule has 6 nitrogen and oxygen atoms in total. The Morgan fingerprint density at radius 1 is 1.17 bits per heavy atom. The number of benzene rings is 2. The number of amides is 1. The summed E-state index contributed by atoms with van der Waals surface area (Å²) in [5, 5.41) is 11.5. The Labute approximate surface area is 187 Å². The van der Waals surface area contributed by atoms with Crippen LogP contribution >= 0.6 is 35.3 Å². The Balaban J connectivity index is 1.56. The maximum absolute atomic E-state index is 12.5. The summed E-state index contributed by atoms with van der Waals surface area (Å²) in [5.74, 6) is 0.930. The van der Waals surface area contributed by atoms with E-state index in [9.17, 15) is 9.59 Å². The molecule has 2 aromatic carbocycles. The summed E-state index contributed by atoms with van der Waals surface area (Å²) in [6.07, 6.45) is 0. The van der Waals surface area contributed by atoms with Crippen LogP contribution in [0.15, 0.2) is 58.4 Å². The third kappa shape index (κ3) is 6.55. The molecule has 9 heteroatoms. The fraction of sp³-hybridized carbons (Fsp3) is 0.238. The van der Waals surface area contributed by atoms with Gasteiger partial charge in [-0.15, -0.1) is 11.8 Å². The smallest absolute Gasteiger partial charge is 0.338 e. The van der Waals surface area contributed by atoms with Gasteiger partial charge < -0.3 is 10.1 Å². The molecular weight excluding hydrogens is 438 g/mol. The maximum atomic E-state index is 12.5. The van der Waals surface area contributed by atoms with Crippen LogP contribution in [0.3, 0.4) is 0 Å². The third-order valence-electron chi connectivity index (χ3n) is 3.93. The van der Waals surface area contributed by atoms with Crippen LogP contribution < -0.4 is 5.32 Å². The second-order valence-electron chi connectivity index (χ2n) is 6.01. The van der Waals surface area contributed by atoms with E-state index in [1.165, 1.54) is 11.8 Å². The van der Waals surface area contributed by atoms with Crippen molar-refractivity contribution in [3.8, 4) is 6.07 Å². The number of nitrogens with zero attached hydrogens (tertiary/aromatic N) is 2. The summed E-state index contributed by atoms with van der Waals surface area (Å²) in [6.45, 7) is 0.448. The van der Waals surface area contributed by atoms with E-state index in [4.69, 9.17) is 10.00 Å². The van der Waals surface area contributed by atoms with E-state index in [0.717, 1.165) is 27.1 Å². The minimum Gasteiger partial charge on any atom is -0.452 e. The second-order valence-corrected chi connectivity index (χ2v) is 9.33. The lowest BCUT2D eigenvalue weighted by atomic mass is 10.1. The van der Waals surface area contributed by atoms with Gasteiger partial charge in [0.15, 0.2) is 6.61 Å². The number of rotatable bonds is 8. The second kappa shape index (κ2) is 11.7. The summed E-state index contributed by atoms with van der Waals surface area (Å²) in [5.41, 5.74) is 1.89. The van der Waals surface area contributed by atoms with Gasteiger partial charge in [-0.25, -0.2) is 4.79 Å². The summed E-state index contributed by atoms with van der Waals surface area (Å²) >= 11 is 4.66. The molecule has 0 aromatic heterocycles. The number of hydrogen-bond donors (Lipinski definition) is 1. The summed E-state index contributed by atoms with van der Waals surface area (Å²) < 4.78 is 6.27. The normalized spacial score (nSPS) is 12.7. The molecule has 1 N–H and O–H groups in total. The minimum atomic E-state index is -0.533. The molecule has 0 fully saturated rings. The lowest BCUT2D eigenvalue weighted by molar-refractivity contribution is -0.119. The van der Waals surface area contributed by atoms with E-state index in [1.807, 2.05) is 24.3 Å². The number of nitrogens with one attached hydrogen (secondary N) is 1. The van der Waals surface area contributed by atoms with Crippen molar-refractivity contribution in [1.82, 2.24) is 0 Å². The highest BCUT2D eigenvalue weighted by atomic mass is 32.2. The molecule has 0 saturated carbocycles. The molecule has 3 rings (SSSR count). The van der Waals surface area contributed by atoms with E-state index in [0.29, 0.717) is 17.0 Å². The number of thioether (sulfide) groups is 3. The number of hydrogen-bond acceptors (Lipinski definition) is 8. The lowest BCUT2D eigenvalue weighted by Gasteiger charge is -2.11. The van der Waals surface area contributed by atoms with Gasteiger partial charge in [0.25, 0.3) is 5.91 Å². The minimum absolute atomic E-state index is 0.279. The van der Waals surface area contributed by atoms with Crippen molar-refractivity contribution in [2.75, 3.05) is 30.0 Å². The van der Waals surface area contributed by atoms with E-state index in [1.54, 1.807) is 47.8 Å². The number of para-hydroxylation sites is 1. The number of carbonyl (C=O) groups excluding carboxylic acids is 2. The van der Waals surface area contributed by atoms with Gasteiger partial charge in [0.1, 0.15) is 4.38 Å². The largest absolute Gasteiger partial charge is 0.452 e. The van der Waals surface area contributed by atoms with Gasteiger partial charge >= 0.3 is 5.97 Å². The molecule has 30 heavy (non-hydrogen) atoms. The molecule has 1 amide bonds. The molecule has 154 valence electrons. The number of anilines is 1. The van der Waals surface area contributed by atoms with E-state index < -0.39 is 11.9 Å². The van der Waals surface area contributed by atoms with Crippen LogP contribution in [0, 0.1) is 11.3 Å². The van der Waals surface area contributed by atoms with Crippen LogP contribution in [0.2, 0.25) is 0 Å². The number of esters is 1. The molecule has 0 aliphatic carbocycles. The van der Waals surface area contributed by atoms with Crippen LogP contribution in [0.4, 0.5) is 5.69 Å². The molecule has 0 radical (unpaired) electrons. The summed E-state index contributed by atoms with van der Waals surface area (Å²) in [7, 11) is 0. The molecule has 2 aromatic rings. The average molecular weight is 458 g/mol. The lowest BCUT2D eigenvalue weighted by Crippen LogP contribution is -2.21. The Kier molecular flexibility index (Phi) is 8.68. The van der Waals surface area contributed by atoms with Crippen molar-refractivity contribution < 1.29 is 14.3 Å². The summed E-state index contributed by atoms with van der Waals surface area (Å²) in [4.78, 5) is 30.0. The molecule has 1 aliphatic heterocycles. The first-order chi connectivity index (χ1) is 14.7. The highest BCUT2D eigenvalue weighted by molar-refractivity contribution is 8.38. The molecular formula is C21H19N3O3S3. The first-order valence-electron chi connectivity index (χ1n) is 9.11. The Bertz CT molecular complexity index is 989. The van der Waals surface area contributed by atoms with E-state index >= 15 is 0 Å². The Morgan fingerprint density at radius 3 is 2.77 bits per heavy atom. The fourth-order valence-corrected chi connectivity index (χ4v) is 5.27. The van der Waals surface area contributed by atoms with Crippen molar-refractivity contribution >= 4 is 57.2 Å². The number of carbonyl (C=O) groups is 2. The Morgan fingerprint density at radius 2 is 1.97 bits per heavy atom. The van der Waals surface area contributed by atoms with Crippen LogP contribution in [-0.2, 0) is 15.3 Å². The van der Waals surface area contributed by atoms with E-state index in [2.05, 4.69) is 16.4 Å². The van der Waals surface area contributed by atoms with Gasteiger partial charge in [-0.2, -0.15) is 5.26 Å². The predicted octanol–water partition coefficient (Wildman–Crippen LogP) is 4.43. The van der Waals surface area contributed by atoms with Crippen LogP contribution in [-0.4, -0.2) is 40.9 Å². The average Bonchev–Trinajstić information content (AvgIpc) is 3.29. The molecule has 1 aliphatic rings. The molecule has 0 saturated heterocycles. The SMILES string of the molecule is N#CCSc1ccccc1NC(=O)COC(=O)c1ccccc1CSC1=NCCS1. The zero-order valence-electron chi connectivity index (χ0n) is 16.0. The van der Waals surface area contributed by atoms with Crippen LogP contribution in [0.5, 0.6) is 0 Å².